The summed E-state index contributed by atoms with van der Waals surface area (Å²) < 4.78 is 5.49. The summed E-state index contributed by atoms with van der Waals surface area (Å²) in [6.45, 7) is 7.49. The molecular formula is C20H27N3O2S. The van der Waals surface area contributed by atoms with Gasteiger partial charge in [0.1, 0.15) is 10.6 Å². The molecule has 6 heteroatoms. The number of nitrogens with two attached hydrogens (primary N) is 1. The average molecular weight is 374 g/mol. The maximum atomic E-state index is 12.3. The lowest BCUT2D eigenvalue weighted by Gasteiger charge is -2.40. The largest absolute Gasteiger partial charge is 0.444 e. The second-order valence-electron chi connectivity index (χ2n) is 7.86. The molecule has 2 aromatic rings. The molecule has 0 unspecified atom stereocenters. The first-order valence-electron chi connectivity index (χ1n) is 9.02. The van der Waals surface area contributed by atoms with Crippen LogP contribution in [0.25, 0.3) is 11.3 Å². The van der Waals surface area contributed by atoms with Crippen molar-refractivity contribution >= 4 is 17.4 Å². The van der Waals surface area contributed by atoms with Crippen molar-refractivity contribution in [3.63, 3.8) is 0 Å². The highest BCUT2D eigenvalue weighted by atomic mass is 32.1. The number of likely N-dealkylation sites (tertiary alicyclic amines) is 1. The van der Waals surface area contributed by atoms with E-state index in [1.54, 1.807) is 16.2 Å². The van der Waals surface area contributed by atoms with Crippen molar-refractivity contribution < 1.29 is 9.53 Å². The van der Waals surface area contributed by atoms with Crippen molar-refractivity contribution in [2.45, 2.75) is 44.6 Å². The van der Waals surface area contributed by atoms with E-state index in [0.29, 0.717) is 19.6 Å². The Hall–Kier alpha value is -1.92. The van der Waals surface area contributed by atoms with Crippen LogP contribution < -0.4 is 5.73 Å². The summed E-state index contributed by atoms with van der Waals surface area (Å²) in [5.41, 5.74) is 7.66. The van der Waals surface area contributed by atoms with E-state index in [1.807, 2.05) is 39.0 Å². The Morgan fingerprint density at radius 3 is 2.50 bits per heavy atom. The van der Waals surface area contributed by atoms with E-state index in [0.717, 1.165) is 29.1 Å². The van der Waals surface area contributed by atoms with Gasteiger partial charge in [-0.25, -0.2) is 9.78 Å². The fourth-order valence-electron chi connectivity index (χ4n) is 3.21. The van der Waals surface area contributed by atoms with Crippen molar-refractivity contribution in [2.24, 2.45) is 5.73 Å². The zero-order chi connectivity index (χ0) is 18.8. The molecule has 1 aliphatic heterocycles. The summed E-state index contributed by atoms with van der Waals surface area (Å²) in [5, 5.41) is 3.17. The van der Waals surface area contributed by atoms with Crippen LogP contribution in [-0.4, -0.2) is 41.2 Å². The minimum absolute atomic E-state index is 0.157. The van der Waals surface area contributed by atoms with Crippen LogP contribution in [-0.2, 0) is 10.2 Å². The smallest absolute Gasteiger partial charge is 0.410 e. The predicted molar refractivity (Wildman–Crippen MR) is 105 cm³/mol. The number of piperidine rings is 1. The van der Waals surface area contributed by atoms with E-state index < -0.39 is 5.60 Å². The number of ether oxygens (including phenoxy) is 1. The van der Waals surface area contributed by atoms with E-state index in [1.165, 1.54) is 0 Å². The minimum atomic E-state index is -0.473. The number of carbonyl (C=O) groups excluding carboxylic acids is 1. The van der Waals surface area contributed by atoms with Gasteiger partial charge in [0, 0.05) is 36.0 Å². The number of rotatable bonds is 3. The second-order valence-corrected chi connectivity index (χ2v) is 8.71. The number of amides is 1. The highest BCUT2D eigenvalue weighted by Gasteiger charge is 2.39. The number of benzene rings is 1. The fourth-order valence-corrected chi connectivity index (χ4v) is 4.31. The van der Waals surface area contributed by atoms with Crippen molar-refractivity contribution in [1.29, 1.82) is 0 Å². The molecule has 0 spiro atoms. The highest BCUT2D eigenvalue weighted by Crippen LogP contribution is 2.38. The molecule has 0 bridgehead atoms. The molecule has 1 aliphatic rings. The first-order valence-corrected chi connectivity index (χ1v) is 9.90. The third-order valence-corrected chi connectivity index (χ3v) is 5.88. The van der Waals surface area contributed by atoms with Crippen molar-refractivity contribution in [3.8, 4) is 11.3 Å². The quantitative estimate of drug-likeness (QED) is 0.882. The van der Waals surface area contributed by atoms with Crippen LogP contribution in [0.2, 0.25) is 0 Å². The number of thiazole rings is 1. The summed E-state index contributed by atoms with van der Waals surface area (Å²) in [7, 11) is 0. The Labute approximate surface area is 159 Å². The Morgan fingerprint density at radius 2 is 1.92 bits per heavy atom. The molecule has 0 radical (unpaired) electrons. The van der Waals surface area contributed by atoms with Crippen LogP contribution in [0.4, 0.5) is 4.79 Å². The summed E-state index contributed by atoms with van der Waals surface area (Å²) in [4.78, 5) is 19.0. The van der Waals surface area contributed by atoms with Gasteiger partial charge in [0.25, 0.3) is 0 Å². The van der Waals surface area contributed by atoms with Gasteiger partial charge in [0.15, 0.2) is 0 Å². The first-order chi connectivity index (χ1) is 12.3. The van der Waals surface area contributed by atoms with Crippen molar-refractivity contribution in [2.75, 3.05) is 19.6 Å². The Balaban J connectivity index is 1.72. The summed E-state index contributed by atoms with van der Waals surface area (Å²) in [6, 6.07) is 10.2. The molecule has 1 fully saturated rings. The van der Waals surface area contributed by atoms with Crippen LogP contribution in [0.3, 0.4) is 0 Å². The SMILES string of the molecule is CC(C)(C)OC(=O)N1CCC(CN)(c2nc(-c3ccccc3)cs2)CC1. The molecule has 3 rings (SSSR count). The van der Waals surface area contributed by atoms with Crippen LogP contribution >= 0.6 is 11.3 Å². The predicted octanol–water partition coefficient (Wildman–Crippen LogP) is 4.04. The third-order valence-electron chi connectivity index (χ3n) is 4.79. The molecule has 2 N–H and O–H groups in total. The van der Waals surface area contributed by atoms with Crippen LogP contribution in [0.5, 0.6) is 0 Å². The van der Waals surface area contributed by atoms with Gasteiger partial charge in [-0.1, -0.05) is 30.3 Å². The minimum Gasteiger partial charge on any atom is -0.444 e. The average Bonchev–Trinajstić information content (AvgIpc) is 3.12. The zero-order valence-electron chi connectivity index (χ0n) is 15.7. The highest BCUT2D eigenvalue weighted by molar-refractivity contribution is 7.10. The maximum Gasteiger partial charge on any atom is 0.410 e. The number of hydrogen-bond donors (Lipinski definition) is 1. The lowest BCUT2D eigenvalue weighted by atomic mass is 9.79. The molecule has 5 nitrogen and oxygen atoms in total. The standard InChI is InChI=1S/C20H27N3O2S/c1-19(2,3)25-18(24)23-11-9-20(14-21,10-12-23)17-22-16(13-26-17)15-7-5-4-6-8-15/h4-8,13H,9-12,14,21H2,1-3H3. The van der Waals surface area contributed by atoms with Gasteiger partial charge in [-0.15, -0.1) is 11.3 Å². The van der Waals surface area contributed by atoms with Crippen molar-refractivity contribution in [1.82, 2.24) is 9.88 Å². The summed E-state index contributed by atoms with van der Waals surface area (Å²) in [6.07, 6.45) is 1.38. The molecule has 1 amide bonds. The van der Waals surface area contributed by atoms with E-state index in [9.17, 15) is 4.79 Å². The molecular weight excluding hydrogens is 346 g/mol. The Morgan fingerprint density at radius 1 is 1.27 bits per heavy atom. The molecule has 0 saturated carbocycles. The lowest BCUT2D eigenvalue weighted by Crippen LogP contribution is -2.49. The van der Waals surface area contributed by atoms with Crippen LogP contribution in [0.1, 0.15) is 38.6 Å². The molecule has 0 aliphatic carbocycles. The molecule has 140 valence electrons. The summed E-state index contributed by atoms with van der Waals surface area (Å²) in [5.74, 6) is 0. The zero-order valence-corrected chi connectivity index (χ0v) is 16.5. The molecule has 0 atom stereocenters. The van der Waals surface area contributed by atoms with Gasteiger partial charge in [-0.2, -0.15) is 0 Å². The van der Waals surface area contributed by atoms with Gasteiger partial charge >= 0.3 is 6.09 Å². The molecule has 2 heterocycles. The second kappa shape index (κ2) is 7.37. The van der Waals surface area contributed by atoms with Gasteiger partial charge in [0.05, 0.1) is 5.69 Å². The topological polar surface area (TPSA) is 68.5 Å². The van der Waals surface area contributed by atoms with E-state index in [-0.39, 0.29) is 11.5 Å². The van der Waals surface area contributed by atoms with Gasteiger partial charge in [-0.3, -0.25) is 0 Å². The van der Waals surface area contributed by atoms with Crippen LogP contribution in [0.15, 0.2) is 35.7 Å². The van der Waals surface area contributed by atoms with Gasteiger partial charge in [0.2, 0.25) is 0 Å². The maximum absolute atomic E-state index is 12.3. The van der Waals surface area contributed by atoms with E-state index in [2.05, 4.69) is 17.5 Å². The fraction of sp³-hybridized carbons (Fsp3) is 0.500. The van der Waals surface area contributed by atoms with Gasteiger partial charge in [-0.05, 0) is 33.6 Å². The Kier molecular flexibility index (Phi) is 5.34. The monoisotopic (exact) mass is 373 g/mol. The summed E-state index contributed by atoms with van der Waals surface area (Å²) >= 11 is 1.67. The lowest BCUT2D eigenvalue weighted by molar-refractivity contribution is 0.0167. The number of hydrogen-bond acceptors (Lipinski definition) is 5. The number of carbonyl (C=O) groups is 1. The van der Waals surface area contributed by atoms with Crippen molar-refractivity contribution in [3.05, 3.63) is 40.7 Å². The van der Waals surface area contributed by atoms with Gasteiger partial charge < -0.3 is 15.4 Å². The molecule has 26 heavy (non-hydrogen) atoms. The molecule has 1 saturated heterocycles. The van der Waals surface area contributed by atoms with E-state index in [4.69, 9.17) is 15.5 Å². The number of aromatic nitrogens is 1. The van der Waals surface area contributed by atoms with E-state index >= 15 is 0 Å². The Bertz CT molecular complexity index is 744. The normalized spacial score (nSPS) is 17.2. The molecule has 1 aromatic heterocycles. The third kappa shape index (κ3) is 4.07. The molecule has 1 aromatic carbocycles. The number of nitrogens with zero attached hydrogens (tertiary/aromatic N) is 2. The van der Waals surface area contributed by atoms with Crippen LogP contribution in [0, 0.1) is 0 Å². The first kappa shape index (κ1) is 18.9.